The Hall–Kier alpha value is -3.04. The molecule has 0 spiro atoms. The molecule has 1 aliphatic carbocycles. The van der Waals surface area contributed by atoms with Gasteiger partial charge in [-0.15, -0.1) is 8.78 Å². The van der Waals surface area contributed by atoms with E-state index in [1.54, 1.807) is 0 Å². The predicted molar refractivity (Wildman–Crippen MR) is 131 cm³/mol. The number of ketones is 1. The Kier molecular flexibility index (Phi) is 3.24. The normalized spacial score (nSPS) is 28.9. The maximum absolute atomic E-state index is 16.3. The maximum atomic E-state index is 16.3. The number of hydrogen-bond donors (Lipinski definition) is 2. The number of aliphatic hydroxyl groups is 2. The van der Waals surface area contributed by atoms with Crippen molar-refractivity contribution >= 4 is 16.7 Å². The molecule has 1 unspecified atom stereocenters. The quantitative estimate of drug-likeness (QED) is 0.407. The van der Waals surface area contributed by atoms with Crippen molar-refractivity contribution in [3.05, 3.63) is 58.9 Å². The molecule has 6 nitrogen and oxygen atoms in total. The highest BCUT2D eigenvalue weighted by atomic mass is 19.3. The number of carbonyl (C=O) groups excluding carboxylic acids is 1. The molecule has 5 rings (SSSR count). The Morgan fingerprint density at radius 1 is 1.30 bits per heavy atom. The van der Waals surface area contributed by atoms with E-state index >= 15 is 4.39 Å². The van der Waals surface area contributed by atoms with Gasteiger partial charge in [0.2, 0.25) is 0 Å². The van der Waals surface area contributed by atoms with E-state index in [9.17, 15) is 23.8 Å². The fourth-order valence-corrected chi connectivity index (χ4v) is 3.94. The molecule has 9 heteroatoms. The van der Waals surface area contributed by atoms with Gasteiger partial charge in [-0.25, -0.2) is 4.39 Å². The standard InChI is InChI=1S/C28H30F3NO5/c1-4-26(2,3)24-10-17-9-16(20(29)13-21(17)32(24)14-19(34)15-33)11-25(35)27(7-8-27)18-5-6-22-23(12-18)37-28(30,31)36-22/h5-6,9-10,12-13,19,33-34H,4,7-8,11,14-15H2,1-3H3/t19-/m0/s1/i2D3,5D,6D,7D2,8D2,9D,10D,12D,13D,19D/t19-,26?. The first-order valence-electron chi connectivity index (χ1n) is 18.1. The molecule has 198 valence electrons. The molecule has 1 saturated carbocycles. The lowest BCUT2D eigenvalue weighted by molar-refractivity contribution is -0.286. The van der Waals surface area contributed by atoms with Crippen molar-refractivity contribution in [1.29, 1.82) is 0 Å². The van der Waals surface area contributed by atoms with E-state index in [-0.39, 0.29) is 6.42 Å². The number of rotatable bonds is 9. The molecule has 2 aliphatic rings. The average molecular weight is 532 g/mol. The van der Waals surface area contributed by atoms with Gasteiger partial charge in [0.05, 0.1) is 39.8 Å². The molecule has 2 atom stereocenters. The third-order valence-electron chi connectivity index (χ3n) is 6.24. The van der Waals surface area contributed by atoms with Crippen LogP contribution in [0.5, 0.6) is 11.5 Å². The summed E-state index contributed by atoms with van der Waals surface area (Å²) >= 11 is 0. The number of fused-ring (bicyclic) bond motifs is 2. The van der Waals surface area contributed by atoms with Crippen LogP contribution in [0.2, 0.25) is 0 Å². The lowest BCUT2D eigenvalue weighted by Gasteiger charge is -2.26. The highest BCUT2D eigenvalue weighted by Gasteiger charge is 2.52. The minimum absolute atomic E-state index is 0.229. The molecule has 1 aliphatic heterocycles. The van der Waals surface area contributed by atoms with Gasteiger partial charge < -0.3 is 24.3 Å². The number of aliphatic hydroxyl groups excluding tert-OH is 1. The molecular weight excluding hydrogens is 487 g/mol. The van der Waals surface area contributed by atoms with Crippen LogP contribution in [0, 0.1) is 5.82 Å². The minimum atomic E-state index is -4.44. The smallest absolute Gasteiger partial charge is 0.395 e. The summed E-state index contributed by atoms with van der Waals surface area (Å²) in [6, 6.07) is -6.75. The molecule has 1 aromatic heterocycles. The van der Waals surface area contributed by atoms with Crippen LogP contribution >= 0.6 is 0 Å². The molecule has 2 N–H and O–H groups in total. The number of benzene rings is 2. The Bertz CT molecular complexity index is 2000. The topological polar surface area (TPSA) is 80.9 Å². The molecule has 2 heterocycles. The lowest BCUT2D eigenvalue weighted by Crippen LogP contribution is -2.26. The van der Waals surface area contributed by atoms with Gasteiger partial charge in [0.25, 0.3) is 0 Å². The number of halogens is 3. The van der Waals surface area contributed by atoms with E-state index in [2.05, 4.69) is 9.47 Å². The Morgan fingerprint density at radius 3 is 2.68 bits per heavy atom. The van der Waals surface area contributed by atoms with Gasteiger partial charge in [0.15, 0.2) is 11.5 Å². The van der Waals surface area contributed by atoms with Gasteiger partial charge >= 0.3 is 6.29 Å². The Morgan fingerprint density at radius 2 is 2.03 bits per heavy atom. The SMILES string of the molecule is [2H]c1c([2H])c(C2(C(=O)Cc3c(F)c([2H])c4c(c3[2H])c([2H])c(C(C)(CC)C([2H])([2H])[2H])n4C[C@]([2H])(O)CO)C([2H])([2H])C2([2H])[2H])c([2H])c2c1OC(F)(F)O2. The van der Waals surface area contributed by atoms with E-state index in [0.717, 1.165) is 4.57 Å². The fraction of sp³-hybridized carbons (Fsp3) is 0.464. The molecule has 2 aromatic carbocycles. The second kappa shape index (κ2) is 8.77. The molecule has 0 saturated heterocycles. The van der Waals surface area contributed by atoms with Gasteiger partial charge in [-0.1, -0.05) is 26.7 Å². The Balaban J connectivity index is 1.79. The van der Waals surface area contributed by atoms with E-state index in [4.69, 9.17) is 19.2 Å². The fourth-order valence-electron chi connectivity index (χ4n) is 3.94. The second-order valence-electron chi connectivity index (χ2n) is 8.91. The van der Waals surface area contributed by atoms with Crippen molar-refractivity contribution in [3.63, 3.8) is 0 Å². The summed E-state index contributed by atoms with van der Waals surface area (Å²) in [6.07, 6.45) is -15.6. The number of ether oxygens (including phenoxy) is 2. The first-order chi connectivity index (χ1) is 23.0. The highest BCUT2D eigenvalue weighted by molar-refractivity contribution is 5.95. The number of alkyl halides is 2. The molecule has 0 radical (unpaired) electrons. The molecule has 0 bridgehead atoms. The zero-order valence-corrected chi connectivity index (χ0v) is 19.5. The van der Waals surface area contributed by atoms with E-state index in [0.29, 0.717) is 0 Å². The summed E-state index contributed by atoms with van der Waals surface area (Å²) < 4.78 is 171. The third kappa shape index (κ3) is 4.48. The van der Waals surface area contributed by atoms with Gasteiger partial charge in [0, 0.05) is 32.5 Å². The van der Waals surface area contributed by atoms with Crippen LogP contribution < -0.4 is 9.47 Å². The predicted octanol–water partition coefficient (Wildman–Crippen LogP) is 4.99. The zero-order valence-electron chi connectivity index (χ0n) is 33.5. The van der Waals surface area contributed by atoms with Crippen molar-refractivity contribution in [2.75, 3.05) is 6.61 Å². The van der Waals surface area contributed by atoms with E-state index in [1.807, 2.05) is 0 Å². The van der Waals surface area contributed by atoms with E-state index in [1.165, 1.54) is 13.8 Å². The monoisotopic (exact) mass is 531 g/mol. The zero-order chi connectivity index (χ0) is 39.0. The largest absolute Gasteiger partial charge is 0.586 e. The third-order valence-corrected chi connectivity index (χ3v) is 6.24. The number of Topliss-reactive ketones (excluding diaryl/α,β-unsaturated/α-hetero) is 1. The van der Waals surface area contributed by atoms with Gasteiger partial charge in [0.1, 0.15) is 11.6 Å². The Labute approximate surface area is 232 Å². The first-order valence-corrected chi connectivity index (χ1v) is 11.1. The van der Waals surface area contributed by atoms with Crippen LogP contribution in [-0.2, 0) is 28.6 Å². The molecule has 37 heavy (non-hydrogen) atoms. The number of hydrogen-bond acceptors (Lipinski definition) is 5. The molecular formula is C28H30F3NO5. The number of aromatic nitrogens is 1. The summed E-state index contributed by atoms with van der Waals surface area (Å²) in [6.45, 7) is -2.53. The van der Waals surface area contributed by atoms with Crippen LogP contribution in [0.25, 0.3) is 10.9 Å². The van der Waals surface area contributed by atoms with Gasteiger partial charge in [-0.3, -0.25) is 4.79 Å². The van der Waals surface area contributed by atoms with Gasteiger partial charge in [-0.05, 0) is 60.5 Å². The molecule has 1 fully saturated rings. The number of carbonyl (C=O) groups is 1. The summed E-state index contributed by atoms with van der Waals surface area (Å²) in [5.41, 5.74) is -8.63. The molecule has 3 aromatic rings. The first kappa shape index (κ1) is 13.7. The van der Waals surface area contributed by atoms with Crippen LogP contribution in [0.4, 0.5) is 13.2 Å². The maximum Gasteiger partial charge on any atom is 0.586 e. The summed E-state index contributed by atoms with van der Waals surface area (Å²) in [7, 11) is 0. The van der Waals surface area contributed by atoms with E-state index < -0.39 is 149 Å². The van der Waals surface area contributed by atoms with Crippen molar-refractivity contribution in [2.24, 2.45) is 0 Å². The molecule has 0 amide bonds. The van der Waals surface area contributed by atoms with Crippen molar-refractivity contribution in [2.45, 2.75) is 76.0 Å². The number of nitrogens with zero attached hydrogens (tertiary/aromatic N) is 1. The van der Waals surface area contributed by atoms with Crippen LogP contribution in [0.1, 0.15) is 75.9 Å². The van der Waals surface area contributed by atoms with Crippen molar-refractivity contribution < 1.29 is 56.8 Å². The van der Waals surface area contributed by atoms with Crippen LogP contribution in [0.3, 0.4) is 0 Å². The highest BCUT2D eigenvalue weighted by Crippen LogP contribution is 2.52. The van der Waals surface area contributed by atoms with Crippen molar-refractivity contribution in [3.8, 4) is 11.5 Å². The summed E-state index contributed by atoms with van der Waals surface area (Å²) in [5, 5.41) is 19.4. The summed E-state index contributed by atoms with van der Waals surface area (Å²) in [5.74, 6) is -5.62. The summed E-state index contributed by atoms with van der Waals surface area (Å²) in [4.78, 5) is 14.2. The average Bonchev–Trinajstić information content (AvgIpc) is 3.29. The van der Waals surface area contributed by atoms with Crippen molar-refractivity contribution in [1.82, 2.24) is 4.57 Å². The second-order valence-corrected chi connectivity index (χ2v) is 8.91. The van der Waals surface area contributed by atoms with Gasteiger partial charge in [-0.2, -0.15) is 0 Å². The van der Waals surface area contributed by atoms with Crippen LogP contribution in [0.15, 0.2) is 36.3 Å². The lowest BCUT2D eigenvalue weighted by atomic mass is 9.86. The van der Waals surface area contributed by atoms with Crippen LogP contribution in [-0.4, -0.2) is 39.5 Å². The minimum Gasteiger partial charge on any atom is -0.395 e.